The predicted octanol–water partition coefficient (Wildman–Crippen LogP) is 3.60. The molecule has 4 nitrogen and oxygen atoms in total. The molecule has 7 heteroatoms. The number of carbonyl (C=O) groups is 1. The second-order valence-electron chi connectivity index (χ2n) is 5.36. The Hall–Kier alpha value is -1.76. The highest BCUT2D eigenvalue weighted by molar-refractivity contribution is 5.90. The van der Waals surface area contributed by atoms with Crippen molar-refractivity contribution in [2.75, 3.05) is 32.1 Å². The van der Waals surface area contributed by atoms with E-state index in [2.05, 4.69) is 5.32 Å². The first-order chi connectivity index (χ1) is 10.4. The van der Waals surface area contributed by atoms with Crippen LogP contribution in [0, 0.1) is 5.92 Å². The summed E-state index contributed by atoms with van der Waals surface area (Å²) in [6, 6.07) is 4.50. The van der Waals surface area contributed by atoms with Gasteiger partial charge < -0.3 is 15.0 Å². The number of nitrogens with one attached hydrogen (secondary N) is 1. The Morgan fingerprint density at radius 3 is 2.55 bits per heavy atom. The monoisotopic (exact) mass is 316 g/mol. The minimum atomic E-state index is -4.49. The zero-order valence-corrected chi connectivity index (χ0v) is 12.3. The molecule has 2 rings (SSSR count). The van der Waals surface area contributed by atoms with Crippen LogP contribution < -0.4 is 5.32 Å². The van der Waals surface area contributed by atoms with Gasteiger partial charge >= 0.3 is 12.2 Å². The summed E-state index contributed by atoms with van der Waals surface area (Å²) in [5.74, 6) is 0.400. The highest BCUT2D eigenvalue weighted by Crippen LogP contribution is 2.34. The molecular formula is C15H19F3N2O2. The van der Waals surface area contributed by atoms with Gasteiger partial charge in [-0.25, -0.2) is 4.79 Å². The largest absolute Gasteiger partial charge is 0.418 e. The lowest BCUT2D eigenvalue weighted by molar-refractivity contribution is -0.136. The minimum absolute atomic E-state index is 0.209. The average Bonchev–Trinajstić information content (AvgIpc) is 2.48. The van der Waals surface area contributed by atoms with Crippen LogP contribution in [0.4, 0.5) is 23.7 Å². The third-order valence-corrected chi connectivity index (χ3v) is 3.78. The summed E-state index contributed by atoms with van der Waals surface area (Å²) < 4.78 is 43.8. The van der Waals surface area contributed by atoms with Gasteiger partial charge in [-0.3, -0.25) is 0 Å². The number of nitrogens with zero attached hydrogens (tertiary/aromatic N) is 1. The highest BCUT2D eigenvalue weighted by atomic mass is 19.4. The fraction of sp³-hybridized carbons (Fsp3) is 0.533. The number of benzene rings is 1. The molecule has 0 radical (unpaired) electrons. The van der Waals surface area contributed by atoms with Crippen molar-refractivity contribution in [3.63, 3.8) is 0 Å². The van der Waals surface area contributed by atoms with Gasteiger partial charge in [0.2, 0.25) is 0 Å². The molecule has 0 bridgehead atoms. The van der Waals surface area contributed by atoms with Gasteiger partial charge in [-0.05, 0) is 30.9 Å². The molecule has 1 aromatic rings. The lowest BCUT2D eigenvalue weighted by Gasteiger charge is -2.31. The number of rotatable bonds is 3. The van der Waals surface area contributed by atoms with E-state index in [0.29, 0.717) is 25.6 Å². The summed E-state index contributed by atoms with van der Waals surface area (Å²) in [5.41, 5.74) is -1.04. The summed E-state index contributed by atoms with van der Waals surface area (Å²) in [6.07, 6.45) is -2.90. The number of methoxy groups -OCH3 is 1. The number of piperidine rings is 1. The number of likely N-dealkylation sites (tertiary alicyclic amines) is 1. The van der Waals surface area contributed by atoms with Gasteiger partial charge in [0.25, 0.3) is 0 Å². The molecule has 2 amide bonds. The first kappa shape index (κ1) is 16.6. The van der Waals surface area contributed by atoms with Gasteiger partial charge in [0, 0.05) is 26.8 Å². The topological polar surface area (TPSA) is 41.6 Å². The third-order valence-electron chi connectivity index (χ3n) is 3.78. The molecule has 22 heavy (non-hydrogen) atoms. The third kappa shape index (κ3) is 4.13. The molecule has 1 saturated heterocycles. The Kier molecular flexibility index (Phi) is 5.28. The number of amides is 2. The van der Waals surface area contributed by atoms with Crippen LogP contribution in [0.1, 0.15) is 18.4 Å². The van der Waals surface area contributed by atoms with Crippen LogP contribution in [0.2, 0.25) is 0 Å². The summed E-state index contributed by atoms with van der Waals surface area (Å²) in [5, 5.41) is 2.37. The molecule has 0 unspecified atom stereocenters. The predicted molar refractivity (Wildman–Crippen MR) is 76.6 cm³/mol. The maximum absolute atomic E-state index is 12.9. The molecule has 0 aliphatic carbocycles. The SMILES string of the molecule is COCC1CCN(C(=O)Nc2ccccc2C(F)(F)F)CC1. The molecule has 0 atom stereocenters. The Morgan fingerprint density at radius 1 is 1.32 bits per heavy atom. The summed E-state index contributed by atoms with van der Waals surface area (Å²) in [7, 11) is 1.63. The van der Waals surface area contributed by atoms with Crippen LogP contribution in [0.15, 0.2) is 24.3 Å². The van der Waals surface area contributed by atoms with Crippen LogP contribution in [-0.2, 0) is 10.9 Å². The van der Waals surface area contributed by atoms with E-state index in [-0.39, 0.29) is 5.69 Å². The van der Waals surface area contributed by atoms with Gasteiger partial charge in [-0.2, -0.15) is 13.2 Å². The standard InChI is InChI=1S/C15H19F3N2O2/c1-22-10-11-6-8-20(9-7-11)14(21)19-13-5-3-2-4-12(13)15(16,17)18/h2-5,11H,6-10H2,1H3,(H,19,21). The molecule has 1 aromatic carbocycles. The van der Waals surface area contributed by atoms with E-state index in [1.807, 2.05) is 0 Å². The molecule has 0 aromatic heterocycles. The van der Waals surface area contributed by atoms with Crippen molar-refractivity contribution in [3.8, 4) is 0 Å². The second-order valence-corrected chi connectivity index (χ2v) is 5.36. The van der Waals surface area contributed by atoms with E-state index in [1.54, 1.807) is 12.0 Å². The number of halogens is 3. The van der Waals surface area contributed by atoms with Gasteiger partial charge in [0.15, 0.2) is 0 Å². The fourth-order valence-electron chi connectivity index (χ4n) is 2.57. The van der Waals surface area contributed by atoms with Gasteiger partial charge in [0.1, 0.15) is 0 Å². The van der Waals surface area contributed by atoms with Crippen LogP contribution in [0.25, 0.3) is 0 Å². The summed E-state index contributed by atoms with van der Waals surface area (Å²) in [4.78, 5) is 13.7. The number of ether oxygens (including phenoxy) is 1. The van der Waals surface area contributed by atoms with E-state index in [9.17, 15) is 18.0 Å². The van der Waals surface area contributed by atoms with Gasteiger partial charge in [0.05, 0.1) is 11.3 Å². The fourth-order valence-corrected chi connectivity index (χ4v) is 2.57. The van der Waals surface area contributed by atoms with Crippen molar-refractivity contribution in [2.24, 2.45) is 5.92 Å². The molecule has 122 valence electrons. The smallest absolute Gasteiger partial charge is 0.384 e. The van der Waals surface area contributed by atoms with Crippen molar-refractivity contribution in [1.29, 1.82) is 0 Å². The zero-order valence-electron chi connectivity index (χ0n) is 12.3. The second kappa shape index (κ2) is 7.00. The Morgan fingerprint density at radius 2 is 1.95 bits per heavy atom. The first-order valence-electron chi connectivity index (χ1n) is 7.13. The number of para-hydroxylation sites is 1. The lowest BCUT2D eigenvalue weighted by atomic mass is 9.98. The van der Waals surface area contributed by atoms with E-state index >= 15 is 0 Å². The molecule has 0 saturated carbocycles. The Balaban J connectivity index is 1.99. The highest BCUT2D eigenvalue weighted by Gasteiger charge is 2.34. The van der Waals surface area contributed by atoms with E-state index < -0.39 is 17.8 Å². The first-order valence-corrected chi connectivity index (χ1v) is 7.13. The van der Waals surface area contributed by atoms with Gasteiger partial charge in [-0.15, -0.1) is 0 Å². The van der Waals surface area contributed by atoms with E-state index in [4.69, 9.17) is 4.74 Å². The summed E-state index contributed by atoms with van der Waals surface area (Å²) in [6.45, 7) is 1.69. The molecule has 1 heterocycles. The van der Waals surface area contributed by atoms with E-state index in [0.717, 1.165) is 18.9 Å². The van der Waals surface area contributed by atoms with Crippen molar-refractivity contribution in [2.45, 2.75) is 19.0 Å². The number of carbonyl (C=O) groups excluding carboxylic acids is 1. The normalized spacial score (nSPS) is 16.6. The number of alkyl halides is 3. The van der Waals surface area contributed by atoms with E-state index in [1.165, 1.54) is 18.2 Å². The maximum atomic E-state index is 12.9. The molecule has 1 fully saturated rings. The van der Waals surface area contributed by atoms with Crippen LogP contribution in [0.5, 0.6) is 0 Å². The molecule has 1 N–H and O–H groups in total. The minimum Gasteiger partial charge on any atom is -0.384 e. The Bertz CT molecular complexity index is 512. The van der Waals surface area contributed by atoms with Crippen LogP contribution in [-0.4, -0.2) is 37.7 Å². The van der Waals surface area contributed by atoms with Crippen molar-refractivity contribution < 1.29 is 22.7 Å². The number of hydrogen-bond donors (Lipinski definition) is 1. The van der Waals surface area contributed by atoms with Crippen LogP contribution in [0.3, 0.4) is 0 Å². The summed E-state index contributed by atoms with van der Waals surface area (Å²) >= 11 is 0. The maximum Gasteiger partial charge on any atom is 0.418 e. The molecule has 1 aliphatic rings. The molecule has 1 aliphatic heterocycles. The number of hydrogen-bond acceptors (Lipinski definition) is 2. The zero-order chi connectivity index (χ0) is 16.2. The Labute approximate surface area is 127 Å². The lowest BCUT2D eigenvalue weighted by Crippen LogP contribution is -2.42. The quantitative estimate of drug-likeness (QED) is 0.926. The van der Waals surface area contributed by atoms with Crippen LogP contribution >= 0.6 is 0 Å². The number of urea groups is 1. The van der Waals surface area contributed by atoms with Crippen molar-refractivity contribution >= 4 is 11.7 Å². The van der Waals surface area contributed by atoms with Gasteiger partial charge in [-0.1, -0.05) is 12.1 Å². The average molecular weight is 316 g/mol. The molecule has 0 spiro atoms. The van der Waals surface area contributed by atoms with Crippen molar-refractivity contribution in [1.82, 2.24) is 4.90 Å². The van der Waals surface area contributed by atoms with Crippen molar-refractivity contribution in [3.05, 3.63) is 29.8 Å². The number of anilines is 1. The molecular weight excluding hydrogens is 297 g/mol.